The number of hydrogen-bond donors (Lipinski definition) is 2. The van der Waals surface area contributed by atoms with Gasteiger partial charge in [0.05, 0.1) is 6.54 Å². The summed E-state index contributed by atoms with van der Waals surface area (Å²) in [6, 6.07) is 28.5. The Kier molecular flexibility index (Phi) is 6.50. The molecule has 0 saturated heterocycles. The lowest BCUT2D eigenvalue weighted by molar-refractivity contribution is -0.562. The second-order valence-corrected chi connectivity index (χ2v) is 7.53. The molecule has 31 heavy (non-hydrogen) atoms. The Morgan fingerprint density at radius 1 is 0.806 bits per heavy atom. The summed E-state index contributed by atoms with van der Waals surface area (Å²) in [7, 11) is 0. The Morgan fingerprint density at radius 3 is 2.26 bits per heavy atom. The molecule has 0 fully saturated rings. The zero-order valence-corrected chi connectivity index (χ0v) is 17.4. The van der Waals surface area contributed by atoms with Crippen molar-refractivity contribution in [3.63, 3.8) is 0 Å². The van der Waals surface area contributed by atoms with Crippen molar-refractivity contribution >= 4 is 27.9 Å². The average Bonchev–Trinajstić information content (AvgIpc) is 2.82. The molecule has 0 radical (unpaired) electrons. The molecule has 1 aromatic heterocycles. The molecule has 0 aliphatic carbocycles. The smallest absolute Gasteiger partial charge is 0.255 e. The standard InChI is InChI=1S/C27H25N3O/c28-27(31)25(24-13-12-21-10-4-5-11-23(21)19-24)26(22-14-17-29-18-15-22)30-16-6-9-20-7-2-1-3-8-20/h1-5,7-8,10-15,17-19,30H,6,9,16H2,(H2,28,31)/p+1. The van der Waals surface area contributed by atoms with E-state index in [2.05, 4.69) is 40.6 Å². The van der Waals surface area contributed by atoms with Gasteiger partial charge in [-0.1, -0.05) is 66.7 Å². The first-order chi connectivity index (χ1) is 15.2. The number of fused-ring (bicyclic) bond motifs is 1. The van der Waals surface area contributed by atoms with Crippen molar-refractivity contribution in [2.24, 2.45) is 5.73 Å². The van der Waals surface area contributed by atoms with Gasteiger partial charge < -0.3 is 11.1 Å². The number of nitrogens with zero attached hydrogens (tertiary/aromatic N) is 1. The molecule has 0 atom stereocenters. The fourth-order valence-electron chi connectivity index (χ4n) is 3.87. The van der Waals surface area contributed by atoms with E-state index in [0.717, 1.165) is 47.0 Å². The van der Waals surface area contributed by atoms with Crippen LogP contribution in [0, 0.1) is 0 Å². The Bertz CT molecular complexity index is 1200. The molecule has 0 saturated carbocycles. The predicted octanol–water partition coefficient (Wildman–Crippen LogP) is 3.78. The number of quaternary nitrogens is 1. The van der Waals surface area contributed by atoms with Crippen molar-refractivity contribution in [1.82, 2.24) is 4.98 Å². The van der Waals surface area contributed by atoms with Gasteiger partial charge in [0.1, 0.15) is 5.57 Å². The van der Waals surface area contributed by atoms with Gasteiger partial charge in [0.15, 0.2) is 5.70 Å². The van der Waals surface area contributed by atoms with E-state index in [-0.39, 0.29) is 0 Å². The van der Waals surface area contributed by atoms with Gasteiger partial charge in [-0.2, -0.15) is 0 Å². The third-order valence-corrected chi connectivity index (χ3v) is 5.41. The van der Waals surface area contributed by atoms with Gasteiger partial charge in [0.25, 0.3) is 5.91 Å². The largest absolute Gasteiger partial charge is 0.365 e. The molecule has 4 heteroatoms. The van der Waals surface area contributed by atoms with Crippen molar-refractivity contribution in [2.45, 2.75) is 12.8 Å². The normalized spacial score (nSPS) is 11.9. The Balaban J connectivity index is 1.68. The van der Waals surface area contributed by atoms with Crippen LogP contribution in [0.1, 0.15) is 23.1 Å². The third kappa shape index (κ3) is 5.05. The van der Waals surface area contributed by atoms with Crippen LogP contribution in [0.4, 0.5) is 0 Å². The summed E-state index contributed by atoms with van der Waals surface area (Å²) in [6.07, 6.45) is 5.46. The van der Waals surface area contributed by atoms with Gasteiger partial charge in [-0.15, -0.1) is 0 Å². The first-order valence-electron chi connectivity index (χ1n) is 10.5. The summed E-state index contributed by atoms with van der Waals surface area (Å²) >= 11 is 0. The van der Waals surface area contributed by atoms with Gasteiger partial charge in [-0.3, -0.25) is 9.78 Å². The second-order valence-electron chi connectivity index (χ2n) is 7.53. The highest BCUT2D eigenvalue weighted by Crippen LogP contribution is 2.25. The molecule has 0 bridgehead atoms. The number of amides is 1. The van der Waals surface area contributed by atoms with Gasteiger partial charge in [0, 0.05) is 24.4 Å². The minimum atomic E-state index is -0.429. The van der Waals surface area contributed by atoms with Crippen LogP contribution in [0.25, 0.3) is 22.0 Å². The number of benzene rings is 3. The number of nitrogens with two attached hydrogens (primary N) is 2. The lowest BCUT2D eigenvalue weighted by Gasteiger charge is -2.13. The van der Waals surface area contributed by atoms with E-state index in [0.29, 0.717) is 5.57 Å². The first kappa shape index (κ1) is 20.5. The van der Waals surface area contributed by atoms with E-state index in [1.54, 1.807) is 12.4 Å². The molecule has 0 unspecified atom stereocenters. The van der Waals surface area contributed by atoms with E-state index in [1.807, 2.05) is 54.6 Å². The minimum Gasteiger partial charge on any atom is -0.365 e. The topological polar surface area (TPSA) is 72.6 Å². The number of primary amides is 1. The molecule has 1 amide bonds. The summed E-state index contributed by atoms with van der Waals surface area (Å²) in [4.78, 5) is 16.8. The van der Waals surface area contributed by atoms with E-state index in [9.17, 15) is 4.79 Å². The average molecular weight is 409 g/mol. The Labute approximate surface area is 182 Å². The highest BCUT2D eigenvalue weighted by Gasteiger charge is 2.20. The van der Waals surface area contributed by atoms with E-state index < -0.39 is 5.91 Å². The van der Waals surface area contributed by atoms with Gasteiger partial charge in [0.2, 0.25) is 0 Å². The van der Waals surface area contributed by atoms with Crippen LogP contribution in [0.3, 0.4) is 0 Å². The van der Waals surface area contributed by atoms with Crippen molar-refractivity contribution < 1.29 is 10.1 Å². The van der Waals surface area contributed by atoms with Crippen LogP contribution in [0.5, 0.6) is 0 Å². The molecule has 154 valence electrons. The number of aryl methyl sites for hydroxylation is 1. The number of rotatable bonds is 8. The summed E-state index contributed by atoms with van der Waals surface area (Å²) < 4.78 is 0. The molecule has 4 nitrogen and oxygen atoms in total. The van der Waals surface area contributed by atoms with Crippen LogP contribution in [0.15, 0.2) is 97.3 Å². The molecule has 4 N–H and O–H groups in total. The fraction of sp³-hybridized carbons (Fsp3) is 0.111. The van der Waals surface area contributed by atoms with Crippen LogP contribution in [0.2, 0.25) is 0 Å². The van der Waals surface area contributed by atoms with E-state index in [1.165, 1.54) is 5.56 Å². The second kappa shape index (κ2) is 9.83. The lowest BCUT2D eigenvalue weighted by Crippen LogP contribution is -2.81. The summed E-state index contributed by atoms with van der Waals surface area (Å²) in [5.74, 6) is -0.429. The fourth-order valence-corrected chi connectivity index (χ4v) is 3.87. The number of carbonyl (C=O) groups is 1. The maximum absolute atomic E-state index is 12.6. The molecule has 1 heterocycles. The molecule has 4 rings (SSSR count). The van der Waals surface area contributed by atoms with Crippen LogP contribution >= 0.6 is 0 Å². The Morgan fingerprint density at radius 2 is 1.52 bits per heavy atom. The number of pyridine rings is 1. The highest BCUT2D eigenvalue weighted by atomic mass is 16.1. The Hall–Kier alpha value is -3.76. The quantitative estimate of drug-likeness (QED) is 0.344. The molecule has 0 aliphatic rings. The third-order valence-electron chi connectivity index (χ3n) is 5.41. The summed E-state index contributed by atoms with van der Waals surface area (Å²) in [5.41, 5.74) is 10.4. The van der Waals surface area contributed by atoms with Gasteiger partial charge in [-0.25, -0.2) is 0 Å². The van der Waals surface area contributed by atoms with Gasteiger partial charge in [-0.05, 0) is 46.5 Å². The summed E-state index contributed by atoms with van der Waals surface area (Å²) in [5, 5.41) is 4.34. The van der Waals surface area contributed by atoms with Crippen molar-refractivity contribution in [3.05, 3.63) is 114 Å². The number of aromatic nitrogens is 1. The number of hydrogen-bond acceptors (Lipinski definition) is 2. The molecule has 3 aromatic carbocycles. The predicted molar refractivity (Wildman–Crippen MR) is 126 cm³/mol. The zero-order chi connectivity index (χ0) is 21.5. The van der Waals surface area contributed by atoms with Gasteiger partial charge >= 0.3 is 0 Å². The van der Waals surface area contributed by atoms with Crippen LogP contribution in [-0.4, -0.2) is 17.4 Å². The van der Waals surface area contributed by atoms with Crippen LogP contribution < -0.4 is 11.1 Å². The molecular weight excluding hydrogens is 382 g/mol. The van der Waals surface area contributed by atoms with Crippen molar-refractivity contribution in [2.75, 3.05) is 6.54 Å². The van der Waals surface area contributed by atoms with E-state index in [4.69, 9.17) is 5.73 Å². The van der Waals surface area contributed by atoms with E-state index >= 15 is 0 Å². The van der Waals surface area contributed by atoms with Crippen molar-refractivity contribution in [3.8, 4) is 0 Å². The number of carbonyl (C=O) groups excluding carboxylic acids is 1. The SMILES string of the molecule is NC(=O)C(=C([NH2+]CCCc1ccccc1)c1ccncc1)c1ccc2ccccc2c1. The summed E-state index contributed by atoms with van der Waals surface area (Å²) in [6.45, 7) is 0.844. The zero-order valence-electron chi connectivity index (χ0n) is 17.4. The molecule has 0 aliphatic heterocycles. The van der Waals surface area contributed by atoms with Crippen molar-refractivity contribution in [1.29, 1.82) is 0 Å². The lowest BCUT2D eigenvalue weighted by atomic mass is 9.96. The monoisotopic (exact) mass is 408 g/mol. The van der Waals surface area contributed by atoms with Crippen LogP contribution in [-0.2, 0) is 11.2 Å². The maximum atomic E-state index is 12.6. The minimum absolute atomic E-state index is 0.429. The molecular formula is C27H26N3O+. The molecule has 0 spiro atoms. The maximum Gasteiger partial charge on any atom is 0.255 e. The first-order valence-corrected chi connectivity index (χ1v) is 10.5. The molecule has 4 aromatic rings. The highest BCUT2D eigenvalue weighted by molar-refractivity contribution is 6.25.